The third-order valence-electron chi connectivity index (χ3n) is 3.74. The van der Waals surface area contributed by atoms with Gasteiger partial charge < -0.3 is 4.90 Å². The number of likely N-dealkylation sites (N-methyl/N-ethyl adjacent to an activating group) is 1. The molecule has 1 heterocycles. The van der Waals surface area contributed by atoms with Crippen molar-refractivity contribution in [2.75, 3.05) is 7.05 Å². The minimum absolute atomic E-state index is 0.161. The molecule has 0 aliphatic carbocycles. The number of carbonyl (C=O) groups is 1. The lowest BCUT2D eigenvalue weighted by molar-refractivity contribution is -0.130. The van der Waals surface area contributed by atoms with Crippen LogP contribution in [0, 0.1) is 17.5 Å². The van der Waals surface area contributed by atoms with Gasteiger partial charge >= 0.3 is 0 Å². The predicted octanol–water partition coefficient (Wildman–Crippen LogP) is 3.13. The van der Waals surface area contributed by atoms with Crippen LogP contribution in [0.1, 0.15) is 18.2 Å². The highest BCUT2D eigenvalue weighted by Crippen LogP contribution is 2.17. The van der Waals surface area contributed by atoms with E-state index in [2.05, 4.69) is 4.98 Å². The second kappa shape index (κ2) is 7.26. The topological polar surface area (TPSA) is 33.2 Å². The van der Waals surface area contributed by atoms with E-state index in [1.807, 2.05) is 19.1 Å². The summed E-state index contributed by atoms with van der Waals surface area (Å²) < 4.78 is 39.8. The van der Waals surface area contributed by atoms with Crippen LogP contribution in [0.2, 0.25) is 0 Å². The summed E-state index contributed by atoms with van der Waals surface area (Å²) in [6.45, 7) is 1.84. The summed E-state index contributed by atoms with van der Waals surface area (Å²) in [7, 11) is 1.59. The lowest BCUT2D eigenvalue weighted by Gasteiger charge is -2.25. The van der Waals surface area contributed by atoms with Crippen LogP contribution in [-0.2, 0) is 17.6 Å². The second-order valence-electron chi connectivity index (χ2n) is 5.39. The number of amides is 1. The summed E-state index contributed by atoms with van der Waals surface area (Å²) in [5.41, 5.74) is 0.671. The number of benzene rings is 1. The van der Waals surface area contributed by atoms with E-state index in [-0.39, 0.29) is 23.9 Å². The van der Waals surface area contributed by atoms with Gasteiger partial charge in [0, 0.05) is 37.0 Å². The minimum atomic E-state index is -1.56. The van der Waals surface area contributed by atoms with E-state index in [0.717, 1.165) is 17.8 Å². The van der Waals surface area contributed by atoms with Gasteiger partial charge in [-0.15, -0.1) is 0 Å². The van der Waals surface area contributed by atoms with Crippen molar-refractivity contribution >= 4 is 5.91 Å². The SMILES string of the molecule is C[C@H](Cc1ccccn1)N(C)C(=O)Cc1ccc(F)c(F)c1F. The molecule has 2 rings (SSSR count). The summed E-state index contributed by atoms with van der Waals surface area (Å²) in [4.78, 5) is 17.9. The highest BCUT2D eigenvalue weighted by atomic mass is 19.2. The Morgan fingerprint density at radius 2 is 1.91 bits per heavy atom. The smallest absolute Gasteiger partial charge is 0.227 e. The van der Waals surface area contributed by atoms with Crippen LogP contribution in [0.4, 0.5) is 13.2 Å². The number of hydrogen-bond acceptors (Lipinski definition) is 2. The van der Waals surface area contributed by atoms with E-state index in [9.17, 15) is 18.0 Å². The molecule has 1 aromatic heterocycles. The van der Waals surface area contributed by atoms with Gasteiger partial charge in [-0.3, -0.25) is 9.78 Å². The average molecular weight is 322 g/mol. The van der Waals surface area contributed by atoms with E-state index >= 15 is 0 Å². The van der Waals surface area contributed by atoms with Crippen LogP contribution in [0.15, 0.2) is 36.5 Å². The molecule has 0 saturated carbocycles. The number of carbonyl (C=O) groups excluding carboxylic acids is 1. The van der Waals surface area contributed by atoms with E-state index in [4.69, 9.17) is 0 Å². The van der Waals surface area contributed by atoms with Crippen LogP contribution in [0.3, 0.4) is 0 Å². The van der Waals surface area contributed by atoms with Crippen molar-refractivity contribution < 1.29 is 18.0 Å². The Balaban J connectivity index is 2.04. The van der Waals surface area contributed by atoms with Gasteiger partial charge in [-0.05, 0) is 25.1 Å². The molecule has 122 valence electrons. The van der Waals surface area contributed by atoms with Crippen LogP contribution < -0.4 is 0 Å². The highest BCUT2D eigenvalue weighted by molar-refractivity contribution is 5.78. The zero-order valence-corrected chi connectivity index (χ0v) is 12.9. The number of nitrogens with zero attached hydrogens (tertiary/aromatic N) is 2. The first-order valence-electron chi connectivity index (χ1n) is 7.18. The largest absolute Gasteiger partial charge is 0.342 e. The molecule has 0 aliphatic rings. The summed E-state index contributed by atoms with van der Waals surface area (Å²) in [5.74, 6) is -4.52. The summed E-state index contributed by atoms with van der Waals surface area (Å²) >= 11 is 0. The molecule has 3 nitrogen and oxygen atoms in total. The van der Waals surface area contributed by atoms with Crippen molar-refractivity contribution in [2.45, 2.75) is 25.8 Å². The molecule has 0 bridgehead atoms. The Hall–Kier alpha value is -2.37. The van der Waals surface area contributed by atoms with Crippen molar-refractivity contribution in [2.24, 2.45) is 0 Å². The number of halogens is 3. The third kappa shape index (κ3) is 4.09. The minimum Gasteiger partial charge on any atom is -0.342 e. The number of rotatable bonds is 5. The Morgan fingerprint density at radius 3 is 2.57 bits per heavy atom. The quantitative estimate of drug-likeness (QED) is 0.793. The number of aromatic nitrogens is 1. The molecule has 0 saturated heterocycles. The molecule has 0 aliphatic heterocycles. The highest BCUT2D eigenvalue weighted by Gasteiger charge is 2.20. The zero-order valence-electron chi connectivity index (χ0n) is 12.9. The van der Waals surface area contributed by atoms with Gasteiger partial charge in [-0.25, -0.2) is 13.2 Å². The van der Waals surface area contributed by atoms with Gasteiger partial charge in [-0.2, -0.15) is 0 Å². The number of hydrogen-bond donors (Lipinski definition) is 0. The molecule has 23 heavy (non-hydrogen) atoms. The van der Waals surface area contributed by atoms with Crippen molar-refractivity contribution in [1.82, 2.24) is 9.88 Å². The Bertz CT molecular complexity index is 692. The molecule has 0 spiro atoms. The second-order valence-corrected chi connectivity index (χ2v) is 5.39. The molecule has 6 heteroatoms. The monoisotopic (exact) mass is 322 g/mol. The molecule has 0 radical (unpaired) electrons. The van der Waals surface area contributed by atoms with Crippen LogP contribution in [0.5, 0.6) is 0 Å². The van der Waals surface area contributed by atoms with E-state index < -0.39 is 17.5 Å². The maximum atomic E-state index is 13.6. The summed E-state index contributed by atoms with van der Waals surface area (Å²) in [6, 6.07) is 7.25. The zero-order chi connectivity index (χ0) is 17.0. The first-order chi connectivity index (χ1) is 10.9. The Morgan fingerprint density at radius 1 is 1.17 bits per heavy atom. The van der Waals surface area contributed by atoms with Gasteiger partial charge in [0.2, 0.25) is 5.91 Å². The summed E-state index contributed by atoms with van der Waals surface area (Å²) in [5, 5.41) is 0. The lowest BCUT2D eigenvalue weighted by atomic mass is 10.1. The molecular weight excluding hydrogens is 305 g/mol. The predicted molar refractivity (Wildman–Crippen MR) is 80.2 cm³/mol. The molecule has 1 amide bonds. The maximum absolute atomic E-state index is 13.6. The van der Waals surface area contributed by atoms with Gasteiger partial charge in [0.25, 0.3) is 0 Å². The normalized spacial score (nSPS) is 12.0. The van der Waals surface area contributed by atoms with Crippen LogP contribution >= 0.6 is 0 Å². The van der Waals surface area contributed by atoms with Crippen molar-refractivity contribution in [3.05, 3.63) is 65.2 Å². The fourth-order valence-corrected chi connectivity index (χ4v) is 2.19. The van der Waals surface area contributed by atoms with Gasteiger partial charge in [0.05, 0.1) is 6.42 Å². The first-order valence-corrected chi connectivity index (χ1v) is 7.18. The van der Waals surface area contributed by atoms with E-state index in [1.54, 1.807) is 19.3 Å². The molecule has 0 fully saturated rings. The molecule has 0 N–H and O–H groups in total. The van der Waals surface area contributed by atoms with Gasteiger partial charge in [-0.1, -0.05) is 12.1 Å². The van der Waals surface area contributed by atoms with Gasteiger partial charge in [0.1, 0.15) is 0 Å². The Kier molecular flexibility index (Phi) is 5.36. The average Bonchev–Trinajstić information content (AvgIpc) is 2.55. The molecule has 0 unspecified atom stereocenters. The van der Waals surface area contributed by atoms with Crippen molar-refractivity contribution in [3.8, 4) is 0 Å². The molecule has 1 atom stereocenters. The molecule has 2 aromatic rings. The molecular formula is C17H17F3N2O. The standard InChI is InChI=1S/C17H17F3N2O/c1-11(9-13-5-3-4-8-21-13)22(2)15(23)10-12-6-7-14(18)17(20)16(12)19/h3-8,11H,9-10H2,1-2H3/t11-/m1/s1. The van der Waals surface area contributed by atoms with E-state index in [0.29, 0.717) is 6.42 Å². The van der Waals surface area contributed by atoms with E-state index in [1.165, 1.54) is 4.90 Å². The molecule has 1 aromatic carbocycles. The lowest BCUT2D eigenvalue weighted by Crippen LogP contribution is -2.37. The van der Waals surface area contributed by atoms with Crippen molar-refractivity contribution in [3.63, 3.8) is 0 Å². The van der Waals surface area contributed by atoms with Crippen molar-refractivity contribution in [1.29, 1.82) is 0 Å². The number of pyridine rings is 1. The fourth-order valence-electron chi connectivity index (χ4n) is 2.19. The fraction of sp³-hybridized carbons (Fsp3) is 0.294. The summed E-state index contributed by atoms with van der Waals surface area (Å²) in [6.07, 6.45) is 1.88. The van der Waals surface area contributed by atoms with Crippen LogP contribution in [-0.4, -0.2) is 28.9 Å². The van der Waals surface area contributed by atoms with Crippen LogP contribution in [0.25, 0.3) is 0 Å². The van der Waals surface area contributed by atoms with Gasteiger partial charge in [0.15, 0.2) is 17.5 Å². The third-order valence-corrected chi connectivity index (χ3v) is 3.74. The maximum Gasteiger partial charge on any atom is 0.227 e. The first kappa shape index (κ1) is 17.0. The Labute approximate surface area is 132 Å².